The summed E-state index contributed by atoms with van der Waals surface area (Å²) in [6.07, 6.45) is 2.41. The Kier molecular flexibility index (Phi) is 2.87. The van der Waals surface area contributed by atoms with E-state index >= 15 is 0 Å². The summed E-state index contributed by atoms with van der Waals surface area (Å²) in [6, 6.07) is 0. The summed E-state index contributed by atoms with van der Waals surface area (Å²) in [6.45, 7) is 3.64. The summed E-state index contributed by atoms with van der Waals surface area (Å²) >= 11 is 0. The molecule has 2 atom stereocenters. The molecule has 11 heavy (non-hydrogen) atoms. The van der Waals surface area contributed by atoms with Gasteiger partial charge in [0.05, 0.1) is 6.10 Å². The molecule has 0 aromatic rings. The standard InChI is InChI=1S/C8H18N2O/c1-7-5-8(6-9,10-2)3-4-11-7/h7,10H,3-6,9H2,1-2H3. The molecule has 66 valence electrons. The zero-order valence-electron chi connectivity index (χ0n) is 7.39. The van der Waals surface area contributed by atoms with Gasteiger partial charge in [-0.1, -0.05) is 0 Å². The van der Waals surface area contributed by atoms with Gasteiger partial charge < -0.3 is 15.8 Å². The molecule has 3 nitrogen and oxygen atoms in total. The van der Waals surface area contributed by atoms with Crippen LogP contribution in [0.25, 0.3) is 0 Å². The summed E-state index contributed by atoms with van der Waals surface area (Å²) in [4.78, 5) is 0. The van der Waals surface area contributed by atoms with Crippen molar-refractivity contribution in [1.29, 1.82) is 0 Å². The van der Waals surface area contributed by atoms with E-state index in [0.29, 0.717) is 12.6 Å². The summed E-state index contributed by atoms with van der Waals surface area (Å²) < 4.78 is 5.44. The smallest absolute Gasteiger partial charge is 0.0565 e. The first kappa shape index (κ1) is 8.97. The molecule has 0 aliphatic carbocycles. The molecule has 0 amide bonds. The van der Waals surface area contributed by atoms with Gasteiger partial charge in [0.2, 0.25) is 0 Å². The predicted octanol–water partition coefficient (Wildman–Crippen LogP) is 0.102. The Labute approximate surface area is 68.3 Å². The van der Waals surface area contributed by atoms with Crippen LogP contribution in [-0.2, 0) is 4.74 Å². The van der Waals surface area contributed by atoms with Crippen LogP contribution in [0.1, 0.15) is 19.8 Å². The Bertz CT molecular complexity index is 123. The van der Waals surface area contributed by atoms with Crippen molar-refractivity contribution in [2.45, 2.75) is 31.4 Å². The Hall–Kier alpha value is -0.120. The van der Waals surface area contributed by atoms with Crippen LogP contribution in [0, 0.1) is 0 Å². The van der Waals surface area contributed by atoms with Crippen molar-refractivity contribution >= 4 is 0 Å². The summed E-state index contributed by atoms with van der Waals surface area (Å²) in [5, 5.41) is 3.29. The monoisotopic (exact) mass is 158 g/mol. The first-order valence-electron chi connectivity index (χ1n) is 4.23. The SMILES string of the molecule is CNC1(CN)CCOC(C)C1. The molecule has 0 aromatic carbocycles. The van der Waals surface area contributed by atoms with Crippen LogP contribution in [0.15, 0.2) is 0 Å². The Morgan fingerprint density at radius 1 is 1.73 bits per heavy atom. The van der Waals surface area contributed by atoms with Gasteiger partial charge in [0.15, 0.2) is 0 Å². The molecule has 2 unspecified atom stereocenters. The number of ether oxygens (including phenoxy) is 1. The summed E-state index contributed by atoms with van der Waals surface area (Å²) in [7, 11) is 1.98. The fourth-order valence-electron chi connectivity index (χ4n) is 1.68. The normalized spacial score (nSPS) is 39.0. The molecular formula is C8H18N2O. The maximum atomic E-state index is 5.69. The molecule has 1 heterocycles. The largest absolute Gasteiger partial charge is 0.378 e. The van der Waals surface area contributed by atoms with E-state index in [-0.39, 0.29) is 5.54 Å². The fourth-order valence-corrected chi connectivity index (χ4v) is 1.68. The third-order valence-corrected chi connectivity index (χ3v) is 2.58. The van der Waals surface area contributed by atoms with Crippen molar-refractivity contribution < 1.29 is 4.74 Å². The minimum atomic E-state index is 0.137. The highest BCUT2D eigenvalue weighted by molar-refractivity contribution is 4.92. The lowest BCUT2D eigenvalue weighted by Crippen LogP contribution is -2.54. The number of rotatable bonds is 2. The zero-order valence-corrected chi connectivity index (χ0v) is 7.39. The quantitative estimate of drug-likeness (QED) is 0.599. The van der Waals surface area contributed by atoms with E-state index in [0.717, 1.165) is 19.4 Å². The van der Waals surface area contributed by atoms with E-state index in [2.05, 4.69) is 12.2 Å². The topological polar surface area (TPSA) is 47.3 Å². The third kappa shape index (κ3) is 1.92. The van der Waals surface area contributed by atoms with Crippen LogP contribution in [0.3, 0.4) is 0 Å². The molecule has 3 N–H and O–H groups in total. The van der Waals surface area contributed by atoms with Crippen LogP contribution in [0.2, 0.25) is 0 Å². The van der Waals surface area contributed by atoms with Gasteiger partial charge in [0.1, 0.15) is 0 Å². The number of likely N-dealkylation sites (N-methyl/N-ethyl adjacent to an activating group) is 1. The van der Waals surface area contributed by atoms with Gasteiger partial charge in [-0.2, -0.15) is 0 Å². The second-order valence-electron chi connectivity index (χ2n) is 3.37. The molecule has 0 bridgehead atoms. The van der Waals surface area contributed by atoms with Gasteiger partial charge >= 0.3 is 0 Å². The van der Waals surface area contributed by atoms with Crippen LogP contribution < -0.4 is 11.1 Å². The number of nitrogens with one attached hydrogen (secondary N) is 1. The van der Waals surface area contributed by atoms with E-state index < -0.39 is 0 Å². The van der Waals surface area contributed by atoms with E-state index in [1.807, 2.05) is 7.05 Å². The minimum absolute atomic E-state index is 0.137. The first-order valence-corrected chi connectivity index (χ1v) is 4.23. The van der Waals surface area contributed by atoms with Gasteiger partial charge in [-0.05, 0) is 26.8 Å². The highest BCUT2D eigenvalue weighted by Crippen LogP contribution is 2.22. The second-order valence-corrected chi connectivity index (χ2v) is 3.37. The predicted molar refractivity (Wildman–Crippen MR) is 45.5 cm³/mol. The Morgan fingerprint density at radius 3 is 2.82 bits per heavy atom. The second kappa shape index (κ2) is 3.52. The van der Waals surface area contributed by atoms with Crippen LogP contribution >= 0.6 is 0 Å². The lowest BCUT2D eigenvalue weighted by Gasteiger charge is -2.38. The maximum Gasteiger partial charge on any atom is 0.0565 e. The van der Waals surface area contributed by atoms with Crippen LogP contribution in [-0.4, -0.2) is 31.8 Å². The first-order chi connectivity index (χ1) is 5.22. The summed E-state index contributed by atoms with van der Waals surface area (Å²) in [5.74, 6) is 0. The minimum Gasteiger partial charge on any atom is -0.378 e. The maximum absolute atomic E-state index is 5.69. The molecule has 1 aliphatic heterocycles. The fraction of sp³-hybridized carbons (Fsp3) is 1.00. The molecule has 1 saturated heterocycles. The molecule has 1 fully saturated rings. The van der Waals surface area contributed by atoms with Gasteiger partial charge in [-0.25, -0.2) is 0 Å². The molecule has 0 aromatic heterocycles. The van der Waals surface area contributed by atoms with E-state index in [9.17, 15) is 0 Å². The molecule has 1 aliphatic rings. The molecule has 0 spiro atoms. The van der Waals surface area contributed by atoms with Crippen molar-refractivity contribution in [3.05, 3.63) is 0 Å². The average Bonchev–Trinajstić information content (AvgIpc) is 2.04. The van der Waals surface area contributed by atoms with Crippen molar-refractivity contribution in [2.75, 3.05) is 20.2 Å². The molecule has 1 rings (SSSR count). The van der Waals surface area contributed by atoms with Gasteiger partial charge in [-0.15, -0.1) is 0 Å². The molecule has 3 heteroatoms. The van der Waals surface area contributed by atoms with Gasteiger partial charge in [0.25, 0.3) is 0 Å². The van der Waals surface area contributed by atoms with E-state index in [1.54, 1.807) is 0 Å². The number of hydrogen-bond acceptors (Lipinski definition) is 3. The van der Waals surface area contributed by atoms with Crippen molar-refractivity contribution in [2.24, 2.45) is 5.73 Å². The average molecular weight is 158 g/mol. The van der Waals surface area contributed by atoms with Gasteiger partial charge in [-0.3, -0.25) is 0 Å². The lowest BCUT2D eigenvalue weighted by atomic mass is 9.87. The van der Waals surface area contributed by atoms with Crippen LogP contribution in [0.5, 0.6) is 0 Å². The Balaban J connectivity index is 2.52. The zero-order chi connectivity index (χ0) is 8.32. The van der Waals surface area contributed by atoms with Crippen molar-refractivity contribution in [3.63, 3.8) is 0 Å². The number of hydrogen-bond donors (Lipinski definition) is 2. The molecular weight excluding hydrogens is 140 g/mol. The van der Waals surface area contributed by atoms with Gasteiger partial charge in [0, 0.05) is 18.7 Å². The highest BCUT2D eigenvalue weighted by atomic mass is 16.5. The highest BCUT2D eigenvalue weighted by Gasteiger charge is 2.32. The van der Waals surface area contributed by atoms with E-state index in [4.69, 9.17) is 10.5 Å². The van der Waals surface area contributed by atoms with Crippen molar-refractivity contribution in [1.82, 2.24) is 5.32 Å². The molecule has 0 saturated carbocycles. The lowest BCUT2D eigenvalue weighted by molar-refractivity contribution is -0.0140. The van der Waals surface area contributed by atoms with Crippen LogP contribution in [0.4, 0.5) is 0 Å². The summed E-state index contributed by atoms with van der Waals surface area (Å²) in [5.41, 5.74) is 5.83. The Morgan fingerprint density at radius 2 is 2.45 bits per heavy atom. The van der Waals surface area contributed by atoms with E-state index in [1.165, 1.54) is 0 Å². The molecule has 0 radical (unpaired) electrons. The van der Waals surface area contributed by atoms with Crippen molar-refractivity contribution in [3.8, 4) is 0 Å². The number of nitrogens with two attached hydrogens (primary N) is 1. The third-order valence-electron chi connectivity index (χ3n) is 2.58.